The second kappa shape index (κ2) is 7.44. The smallest absolute Gasteiger partial charge is 0.275 e. The van der Waals surface area contributed by atoms with Crippen LogP contribution in [-0.2, 0) is 9.59 Å². The molecule has 0 atom stereocenters. The highest BCUT2D eigenvalue weighted by Gasteiger charge is 2.10. The molecule has 0 unspecified atom stereocenters. The molecule has 0 aliphatic rings. The number of amides is 2. The number of carbonyl (C=O) groups is 2. The predicted octanol–water partition coefficient (Wildman–Crippen LogP) is 2.25. The van der Waals surface area contributed by atoms with E-state index in [1.807, 2.05) is 6.92 Å². The zero-order chi connectivity index (χ0) is 18.7. The Morgan fingerprint density at radius 3 is 2.62 bits per heavy atom. The fourth-order valence-corrected chi connectivity index (χ4v) is 3.08. The van der Waals surface area contributed by atoms with Crippen molar-refractivity contribution in [1.82, 2.24) is 15.0 Å². The number of carbonyl (C=O) groups excluding carboxylic acids is 2. The first-order valence-corrected chi connectivity index (χ1v) is 8.79. The molecule has 3 rings (SSSR count). The second-order valence-electron chi connectivity index (χ2n) is 5.68. The van der Waals surface area contributed by atoms with Crippen LogP contribution >= 0.6 is 11.8 Å². The number of H-pyrrole nitrogens is 2. The van der Waals surface area contributed by atoms with Gasteiger partial charge in [0.05, 0.1) is 11.3 Å². The molecule has 3 aromatic rings. The number of rotatable bonds is 5. The van der Waals surface area contributed by atoms with Gasteiger partial charge in [-0.3, -0.25) is 19.4 Å². The number of hydrogen-bond acceptors (Lipinski definition) is 5. The fourth-order valence-electron chi connectivity index (χ4n) is 2.41. The number of nitrogens with zero attached hydrogens (tertiary/aromatic N) is 1. The molecule has 2 heterocycles. The molecule has 26 heavy (non-hydrogen) atoms. The van der Waals surface area contributed by atoms with E-state index in [4.69, 9.17) is 0 Å². The standard InChI is InChI=1S/C17H17N5O3S/c1-9-6-13-15(18-9)16(25)22-17(21-13)26-8-14(24)20-12-5-3-4-11(7-12)19-10(2)23/h3-7,18H,8H2,1-2H3,(H,19,23)(H,20,24)(H,21,22,25). The first-order valence-electron chi connectivity index (χ1n) is 7.80. The third-order valence-corrected chi connectivity index (χ3v) is 4.28. The van der Waals surface area contributed by atoms with Crippen LogP contribution in [0.3, 0.4) is 0 Å². The molecule has 8 nitrogen and oxygen atoms in total. The van der Waals surface area contributed by atoms with E-state index in [1.165, 1.54) is 6.92 Å². The van der Waals surface area contributed by atoms with Gasteiger partial charge in [0.2, 0.25) is 11.8 Å². The summed E-state index contributed by atoms with van der Waals surface area (Å²) < 4.78 is 0. The molecule has 2 amide bonds. The lowest BCUT2D eigenvalue weighted by atomic mass is 10.2. The molecule has 9 heteroatoms. The first-order chi connectivity index (χ1) is 12.4. The first kappa shape index (κ1) is 17.7. The van der Waals surface area contributed by atoms with Crippen molar-refractivity contribution < 1.29 is 9.59 Å². The molecule has 0 aliphatic heterocycles. The number of aromatic nitrogens is 3. The molecule has 0 bridgehead atoms. The van der Waals surface area contributed by atoms with E-state index in [1.54, 1.807) is 30.3 Å². The predicted molar refractivity (Wildman–Crippen MR) is 102 cm³/mol. The highest BCUT2D eigenvalue weighted by molar-refractivity contribution is 7.99. The minimum Gasteiger partial charge on any atom is -0.353 e. The van der Waals surface area contributed by atoms with E-state index in [2.05, 4.69) is 25.6 Å². The Hall–Kier alpha value is -3.07. The van der Waals surface area contributed by atoms with Crippen molar-refractivity contribution in [2.75, 3.05) is 16.4 Å². The average Bonchev–Trinajstić information content (AvgIpc) is 2.93. The van der Waals surface area contributed by atoms with Crippen molar-refractivity contribution in [1.29, 1.82) is 0 Å². The van der Waals surface area contributed by atoms with E-state index >= 15 is 0 Å². The van der Waals surface area contributed by atoms with Gasteiger partial charge in [-0.1, -0.05) is 17.8 Å². The lowest BCUT2D eigenvalue weighted by molar-refractivity contribution is -0.114. The maximum atomic E-state index is 12.1. The Morgan fingerprint density at radius 2 is 1.88 bits per heavy atom. The van der Waals surface area contributed by atoms with Crippen molar-refractivity contribution in [2.45, 2.75) is 19.0 Å². The molecular weight excluding hydrogens is 354 g/mol. The number of anilines is 2. The molecule has 4 N–H and O–H groups in total. The molecular formula is C17H17N5O3S. The summed E-state index contributed by atoms with van der Waals surface area (Å²) >= 11 is 1.14. The van der Waals surface area contributed by atoms with Crippen LogP contribution in [0.5, 0.6) is 0 Å². The Morgan fingerprint density at radius 1 is 1.15 bits per heavy atom. The number of benzene rings is 1. The largest absolute Gasteiger partial charge is 0.353 e. The van der Waals surface area contributed by atoms with Crippen molar-refractivity contribution in [3.05, 3.63) is 46.4 Å². The van der Waals surface area contributed by atoms with Crippen molar-refractivity contribution >= 4 is 46.0 Å². The normalized spacial score (nSPS) is 10.7. The molecule has 0 aliphatic carbocycles. The monoisotopic (exact) mass is 371 g/mol. The molecule has 0 radical (unpaired) electrons. The number of nitrogens with one attached hydrogen (secondary N) is 4. The van der Waals surface area contributed by atoms with E-state index in [0.29, 0.717) is 27.6 Å². The van der Waals surface area contributed by atoms with E-state index in [9.17, 15) is 14.4 Å². The van der Waals surface area contributed by atoms with Gasteiger partial charge in [0, 0.05) is 24.0 Å². The minimum atomic E-state index is -0.269. The highest BCUT2D eigenvalue weighted by atomic mass is 32.2. The van der Waals surface area contributed by atoms with Gasteiger partial charge in [-0.15, -0.1) is 0 Å². The Kier molecular flexibility index (Phi) is 5.08. The molecule has 0 saturated heterocycles. The molecule has 2 aromatic heterocycles. The Bertz CT molecular complexity index is 1040. The molecule has 0 saturated carbocycles. The quantitative estimate of drug-likeness (QED) is 0.405. The zero-order valence-electron chi connectivity index (χ0n) is 14.2. The number of thioether (sulfide) groups is 1. The van der Waals surface area contributed by atoms with Gasteiger partial charge in [0.15, 0.2) is 5.16 Å². The molecule has 134 valence electrons. The SMILES string of the molecule is CC(=O)Nc1cccc(NC(=O)CSc2nc3cc(C)[nH]c3c(=O)[nH]2)c1. The summed E-state index contributed by atoms with van der Waals surface area (Å²) in [5, 5.41) is 5.78. The van der Waals surface area contributed by atoms with Gasteiger partial charge in [-0.2, -0.15) is 0 Å². The summed E-state index contributed by atoms with van der Waals surface area (Å²) in [7, 11) is 0. The molecule has 1 aromatic carbocycles. The van der Waals surface area contributed by atoms with Crippen molar-refractivity contribution in [3.8, 4) is 0 Å². The average molecular weight is 371 g/mol. The highest BCUT2D eigenvalue weighted by Crippen LogP contribution is 2.18. The minimum absolute atomic E-state index is 0.0855. The molecule has 0 fully saturated rings. The van der Waals surface area contributed by atoms with Crippen LogP contribution in [0, 0.1) is 6.92 Å². The van der Waals surface area contributed by atoms with E-state index in [0.717, 1.165) is 17.5 Å². The summed E-state index contributed by atoms with van der Waals surface area (Å²) in [5.74, 6) is -0.347. The van der Waals surface area contributed by atoms with Crippen LogP contribution in [0.1, 0.15) is 12.6 Å². The summed E-state index contributed by atoms with van der Waals surface area (Å²) in [6.45, 7) is 3.26. The molecule has 0 spiro atoms. The topological polar surface area (TPSA) is 120 Å². The third kappa shape index (κ3) is 4.31. The van der Waals surface area contributed by atoms with Crippen LogP contribution in [0.4, 0.5) is 11.4 Å². The van der Waals surface area contributed by atoms with Gasteiger partial charge in [-0.05, 0) is 31.2 Å². The summed E-state index contributed by atoms with van der Waals surface area (Å²) in [4.78, 5) is 45.1. The van der Waals surface area contributed by atoms with E-state index in [-0.39, 0.29) is 23.1 Å². The van der Waals surface area contributed by atoms with Crippen LogP contribution in [0.2, 0.25) is 0 Å². The van der Waals surface area contributed by atoms with Gasteiger partial charge in [0.25, 0.3) is 5.56 Å². The lowest BCUT2D eigenvalue weighted by Crippen LogP contribution is -2.16. The van der Waals surface area contributed by atoms with Crippen molar-refractivity contribution in [3.63, 3.8) is 0 Å². The summed E-state index contributed by atoms with van der Waals surface area (Å²) in [6.07, 6.45) is 0. The third-order valence-electron chi connectivity index (χ3n) is 3.41. The Labute approximate surface area is 152 Å². The van der Waals surface area contributed by atoms with Crippen LogP contribution in [-0.4, -0.2) is 32.5 Å². The van der Waals surface area contributed by atoms with Gasteiger partial charge >= 0.3 is 0 Å². The van der Waals surface area contributed by atoms with Crippen LogP contribution in [0.25, 0.3) is 11.0 Å². The van der Waals surface area contributed by atoms with E-state index < -0.39 is 0 Å². The number of aryl methyl sites for hydroxylation is 1. The van der Waals surface area contributed by atoms with Crippen molar-refractivity contribution in [2.24, 2.45) is 0 Å². The van der Waals surface area contributed by atoms with Crippen LogP contribution in [0.15, 0.2) is 40.3 Å². The van der Waals surface area contributed by atoms with Gasteiger partial charge in [0.1, 0.15) is 5.52 Å². The second-order valence-corrected chi connectivity index (χ2v) is 6.65. The fraction of sp³-hybridized carbons (Fsp3) is 0.176. The lowest BCUT2D eigenvalue weighted by Gasteiger charge is -2.07. The number of hydrogen-bond donors (Lipinski definition) is 4. The zero-order valence-corrected chi connectivity index (χ0v) is 15.0. The maximum Gasteiger partial charge on any atom is 0.275 e. The van der Waals surface area contributed by atoms with Gasteiger partial charge in [-0.25, -0.2) is 4.98 Å². The summed E-state index contributed by atoms with van der Waals surface area (Å²) in [5.41, 5.74) is 2.73. The van der Waals surface area contributed by atoms with Gasteiger partial charge < -0.3 is 15.6 Å². The van der Waals surface area contributed by atoms with Crippen LogP contribution < -0.4 is 16.2 Å². The Balaban J connectivity index is 1.64. The summed E-state index contributed by atoms with van der Waals surface area (Å²) in [6, 6.07) is 8.63. The number of fused-ring (bicyclic) bond motifs is 1. The maximum absolute atomic E-state index is 12.1. The number of aromatic amines is 2.